The van der Waals surface area contributed by atoms with Gasteiger partial charge in [0.15, 0.2) is 0 Å². The first-order chi connectivity index (χ1) is 15.3. The van der Waals surface area contributed by atoms with Gasteiger partial charge in [-0.05, 0) is 55.5 Å². The Morgan fingerprint density at radius 3 is 2.59 bits per heavy atom. The highest BCUT2D eigenvalue weighted by Gasteiger charge is 2.16. The maximum absolute atomic E-state index is 13.1. The zero-order chi connectivity index (χ0) is 22.8. The van der Waals surface area contributed by atoms with E-state index in [2.05, 4.69) is 31.4 Å². The van der Waals surface area contributed by atoms with Gasteiger partial charge in [0.2, 0.25) is 0 Å². The average molecular weight is 529 g/mol. The molecule has 160 valence electrons. The Kier molecular flexibility index (Phi) is 6.46. The molecule has 32 heavy (non-hydrogen) atoms. The van der Waals surface area contributed by atoms with Crippen molar-refractivity contribution in [3.63, 3.8) is 0 Å². The standard InChI is InChI=1S/C24H16BrCl2N3O2/c1-13(18-10-14(25)6-9-23(18)31)29-30-24(32)19-12-22(17-8-7-15(26)11-20(17)27)28-21-5-3-2-4-16(19)21/h2-12,31H,1H3,(H,30,32)/b29-13+. The van der Waals surface area contributed by atoms with Crippen LogP contribution in [0.4, 0.5) is 0 Å². The topological polar surface area (TPSA) is 74.6 Å². The number of rotatable bonds is 4. The Morgan fingerprint density at radius 2 is 1.81 bits per heavy atom. The highest BCUT2D eigenvalue weighted by Crippen LogP contribution is 2.32. The van der Waals surface area contributed by atoms with Crippen LogP contribution in [0.25, 0.3) is 22.2 Å². The van der Waals surface area contributed by atoms with Crippen molar-refractivity contribution in [3.8, 4) is 17.0 Å². The number of hydrogen-bond donors (Lipinski definition) is 2. The van der Waals surface area contributed by atoms with Crippen LogP contribution in [-0.2, 0) is 0 Å². The van der Waals surface area contributed by atoms with Gasteiger partial charge in [0.25, 0.3) is 5.91 Å². The number of nitrogens with zero attached hydrogens (tertiary/aromatic N) is 2. The van der Waals surface area contributed by atoms with Gasteiger partial charge in [-0.1, -0.05) is 57.3 Å². The summed E-state index contributed by atoms with van der Waals surface area (Å²) in [6.45, 7) is 1.70. The molecule has 0 saturated carbocycles. The first kappa shape index (κ1) is 22.3. The number of phenols is 1. The summed E-state index contributed by atoms with van der Waals surface area (Å²) in [5.41, 5.74) is 5.79. The minimum absolute atomic E-state index is 0.0673. The molecule has 0 bridgehead atoms. The van der Waals surface area contributed by atoms with E-state index in [4.69, 9.17) is 23.2 Å². The Morgan fingerprint density at radius 1 is 1.03 bits per heavy atom. The van der Waals surface area contributed by atoms with Crippen LogP contribution in [0, 0.1) is 0 Å². The molecule has 1 amide bonds. The predicted octanol–water partition coefficient (Wildman–Crippen LogP) is 6.83. The minimum Gasteiger partial charge on any atom is -0.507 e. The minimum atomic E-state index is -0.413. The number of carbonyl (C=O) groups excluding carboxylic acids is 1. The monoisotopic (exact) mass is 527 g/mol. The van der Waals surface area contributed by atoms with E-state index < -0.39 is 5.91 Å². The maximum atomic E-state index is 13.1. The fourth-order valence-electron chi connectivity index (χ4n) is 3.25. The lowest BCUT2D eigenvalue weighted by Crippen LogP contribution is -2.20. The zero-order valence-electron chi connectivity index (χ0n) is 16.7. The summed E-state index contributed by atoms with van der Waals surface area (Å²) in [5.74, 6) is -0.346. The van der Waals surface area contributed by atoms with Gasteiger partial charge in [-0.15, -0.1) is 0 Å². The number of pyridine rings is 1. The second kappa shape index (κ2) is 9.28. The summed E-state index contributed by atoms with van der Waals surface area (Å²) in [7, 11) is 0. The van der Waals surface area contributed by atoms with E-state index in [1.807, 2.05) is 24.3 Å². The van der Waals surface area contributed by atoms with E-state index >= 15 is 0 Å². The van der Waals surface area contributed by atoms with Crippen molar-refractivity contribution in [2.75, 3.05) is 0 Å². The van der Waals surface area contributed by atoms with Crippen molar-refractivity contribution >= 4 is 61.7 Å². The molecule has 1 heterocycles. The number of fused-ring (bicyclic) bond motifs is 1. The van der Waals surface area contributed by atoms with Crippen molar-refractivity contribution < 1.29 is 9.90 Å². The van der Waals surface area contributed by atoms with Crippen LogP contribution < -0.4 is 5.43 Å². The Balaban J connectivity index is 1.74. The maximum Gasteiger partial charge on any atom is 0.272 e. The summed E-state index contributed by atoms with van der Waals surface area (Å²) in [4.78, 5) is 17.8. The van der Waals surface area contributed by atoms with Crippen LogP contribution in [0.1, 0.15) is 22.8 Å². The summed E-state index contributed by atoms with van der Waals surface area (Å²) >= 11 is 15.8. The molecule has 0 aliphatic heterocycles. The highest BCUT2D eigenvalue weighted by atomic mass is 79.9. The first-order valence-corrected chi connectivity index (χ1v) is 11.1. The molecule has 8 heteroatoms. The lowest BCUT2D eigenvalue weighted by Gasteiger charge is -2.11. The van der Waals surface area contributed by atoms with Crippen LogP contribution in [0.3, 0.4) is 0 Å². The zero-order valence-corrected chi connectivity index (χ0v) is 19.8. The van der Waals surface area contributed by atoms with E-state index in [0.29, 0.717) is 49.0 Å². The van der Waals surface area contributed by atoms with Gasteiger partial charge in [-0.25, -0.2) is 10.4 Å². The van der Waals surface area contributed by atoms with Crippen LogP contribution in [0.5, 0.6) is 5.75 Å². The van der Waals surface area contributed by atoms with Gasteiger partial charge in [-0.3, -0.25) is 4.79 Å². The van der Waals surface area contributed by atoms with E-state index in [1.165, 1.54) is 0 Å². The van der Waals surface area contributed by atoms with Crippen molar-refractivity contribution in [2.24, 2.45) is 5.10 Å². The van der Waals surface area contributed by atoms with Crippen molar-refractivity contribution in [3.05, 3.63) is 92.4 Å². The van der Waals surface area contributed by atoms with E-state index in [-0.39, 0.29) is 5.75 Å². The molecule has 4 aromatic rings. The van der Waals surface area contributed by atoms with Crippen molar-refractivity contribution in [2.45, 2.75) is 6.92 Å². The number of para-hydroxylation sites is 1. The molecule has 0 radical (unpaired) electrons. The second-order valence-electron chi connectivity index (χ2n) is 7.00. The normalized spacial score (nSPS) is 11.6. The number of hydrazone groups is 1. The number of amides is 1. The van der Waals surface area contributed by atoms with Gasteiger partial charge in [0, 0.05) is 26.0 Å². The fourth-order valence-corrected chi connectivity index (χ4v) is 4.12. The van der Waals surface area contributed by atoms with E-state index in [0.717, 1.165) is 4.47 Å². The van der Waals surface area contributed by atoms with Gasteiger partial charge in [-0.2, -0.15) is 5.10 Å². The van der Waals surface area contributed by atoms with Crippen LogP contribution in [-0.4, -0.2) is 21.7 Å². The molecular weight excluding hydrogens is 513 g/mol. The Hall–Kier alpha value is -2.93. The Bertz CT molecular complexity index is 1390. The average Bonchev–Trinajstić information content (AvgIpc) is 2.78. The molecule has 4 rings (SSSR count). The number of aromatic nitrogens is 1. The summed E-state index contributed by atoms with van der Waals surface area (Å²) in [5, 5.41) is 15.9. The molecule has 0 fully saturated rings. The SMILES string of the molecule is C/C(=N\NC(=O)c1cc(-c2ccc(Cl)cc2Cl)nc2ccccc12)c1cc(Br)ccc1O. The smallest absolute Gasteiger partial charge is 0.272 e. The molecular formula is C24H16BrCl2N3O2. The number of benzene rings is 3. The van der Waals surface area contributed by atoms with Gasteiger partial charge >= 0.3 is 0 Å². The quantitative estimate of drug-likeness (QED) is 0.225. The molecule has 0 aliphatic carbocycles. The lowest BCUT2D eigenvalue weighted by molar-refractivity contribution is 0.0956. The molecule has 0 saturated heterocycles. The van der Waals surface area contributed by atoms with Crippen molar-refractivity contribution in [1.29, 1.82) is 0 Å². The third-order valence-electron chi connectivity index (χ3n) is 4.84. The molecule has 0 spiro atoms. The number of carbonyl (C=O) groups is 1. The van der Waals surface area contributed by atoms with Crippen LogP contribution >= 0.6 is 39.1 Å². The summed E-state index contributed by atoms with van der Waals surface area (Å²) < 4.78 is 0.788. The van der Waals surface area contributed by atoms with E-state index in [1.54, 1.807) is 49.4 Å². The molecule has 0 unspecified atom stereocenters. The largest absolute Gasteiger partial charge is 0.507 e. The molecule has 5 nitrogen and oxygen atoms in total. The Labute approximate surface area is 202 Å². The van der Waals surface area contributed by atoms with E-state index in [9.17, 15) is 9.90 Å². The van der Waals surface area contributed by atoms with Crippen LogP contribution in [0.2, 0.25) is 10.0 Å². The number of phenolic OH excluding ortho intramolecular Hbond substituents is 1. The second-order valence-corrected chi connectivity index (χ2v) is 8.76. The fraction of sp³-hybridized carbons (Fsp3) is 0.0417. The predicted molar refractivity (Wildman–Crippen MR) is 133 cm³/mol. The molecule has 0 atom stereocenters. The summed E-state index contributed by atoms with van der Waals surface area (Å²) in [6, 6.07) is 19.1. The summed E-state index contributed by atoms with van der Waals surface area (Å²) in [6.07, 6.45) is 0. The third kappa shape index (κ3) is 4.63. The molecule has 0 aliphatic rings. The van der Waals surface area contributed by atoms with Crippen molar-refractivity contribution in [1.82, 2.24) is 10.4 Å². The molecule has 3 aromatic carbocycles. The lowest BCUT2D eigenvalue weighted by atomic mass is 10.0. The molecule has 1 aromatic heterocycles. The number of halogens is 3. The third-order valence-corrected chi connectivity index (χ3v) is 5.88. The van der Waals surface area contributed by atoms with Gasteiger partial charge in [0.05, 0.1) is 27.5 Å². The number of aromatic hydroxyl groups is 1. The highest BCUT2D eigenvalue weighted by molar-refractivity contribution is 9.10. The van der Waals surface area contributed by atoms with Crippen LogP contribution in [0.15, 0.2) is 76.3 Å². The van der Waals surface area contributed by atoms with Gasteiger partial charge < -0.3 is 5.11 Å². The molecule has 2 N–H and O–H groups in total. The first-order valence-electron chi connectivity index (χ1n) is 9.52. The van der Waals surface area contributed by atoms with Gasteiger partial charge in [0.1, 0.15) is 5.75 Å². The number of hydrogen-bond acceptors (Lipinski definition) is 4. The number of nitrogens with one attached hydrogen (secondary N) is 1.